The Hall–Kier alpha value is -3.60. The van der Waals surface area contributed by atoms with Gasteiger partial charge in [-0.05, 0) is 50.2 Å². The van der Waals surface area contributed by atoms with Crippen LogP contribution < -0.4 is 20.3 Å². The third kappa shape index (κ3) is 5.76. The molecule has 2 aromatic carbocycles. The Kier molecular flexibility index (Phi) is 7.66. The van der Waals surface area contributed by atoms with E-state index in [1.54, 1.807) is 24.7 Å². The zero-order valence-corrected chi connectivity index (χ0v) is 18.5. The van der Waals surface area contributed by atoms with Gasteiger partial charge < -0.3 is 9.47 Å². The molecule has 11 heteroatoms. The summed E-state index contributed by atoms with van der Waals surface area (Å²) in [7, 11) is 1.59. The molecule has 32 heavy (non-hydrogen) atoms. The second kappa shape index (κ2) is 10.6. The monoisotopic (exact) mass is 459 g/mol. The van der Waals surface area contributed by atoms with E-state index in [2.05, 4.69) is 21.0 Å². The Morgan fingerprint density at radius 2 is 1.84 bits per heavy atom. The molecule has 0 spiro atoms. The summed E-state index contributed by atoms with van der Waals surface area (Å²) in [6, 6.07) is 13.1. The fourth-order valence-electron chi connectivity index (χ4n) is 2.65. The number of ether oxygens (including phenoxy) is 2. The van der Waals surface area contributed by atoms with E-state index >= 15 is 0 Å². The van der Waals surface area contributed by atoms with Gasteiger partial charge >= 0.3 is 0 Å². The molecule has 0 aliphatic rings. The number of thioether (sulfide) groups is 1. The van der Waals surface area contributed by atoms with Crippen molar-refractivity contribution in [3.8, 4) is 17.2 Å². The lowest BCUT2D eigenvalue weighted by Crippen LogP contribution is -2.47. The SMILES string of the molecule is COc1ccc(-n2c(C)nnc2SCC(=O)NNC(=O)C(C)Oc2ccccc2F)cc1. The van der Waals surface area contributed by atoms with Crippen molar-refractivity contribution >= 4 is 23.6 Å². The van der Waals surface area contributed by atoms with Gasteiger partial charge in [0, 0.05) is 5.69 Å². The van der Waals surface area contributed by atoms with E-state index in [1.165, 1.54) is 25.1 Å². The average molecular weight is 460 g/mol. The zero-order valence-electron chi connectivity index (χ0n) is 17.7. The number of amides is 2. The first-order valence-electron chi connectivity index (χ1n) is 9.58. The van der Waals surface area contributed by atoms with Crippen molar-refractivity contribution in [3.63, 3.8) is 0 Å². The highest BCUT2D eigenvalue weighted by Crippen LogP contribution is 2.23. The van der Waals surface area contributed by atoms with Gasteiger partial charge in [0.2, 0.25) is 5.91 Å². The van der Waals surface area contributed by atoms with Gasteiger partial charge in [-0.2, -0.15) is 0 Å². The van der Waals surface area contributed by atoms with Gasteiger partial charge in [0.15, 0.2) is 22.8 Å². The van der Waals surface area contributed by atoms with E-state index in [9.17, 15) is 14.0 Å². The van der Waals surface area contributed by atoms with Crippen LogP contribution in [0.5, 0.6) is 11.5 Å². The lowest BCUT2D eigenvalue weighted by atomic mass is 10.3. The van der Waals surface area contributed by atoms with Crippen LogP contribution in [-0.4, -0.2) is 45.5 Å². The van der Waals surface area contributed by atoms with Crippen molar-refractivity contribution in [3.05, 3.63) is 60.2 Å². The molecule has 9 nitrogen and oxygen atoms in total. The number of hydrogen-bond donors (Lipinski definition) is 2. The van der Waals surface area contributed by atoms with Gasteiger partial charge in [-0.25, -0.2) is 4.39 Å². The van der Waals surface area contributed by atoms with Gasteiger partial charge in [0.25, 0.3) is 5.91 Å². The molecule has 0 radical (unpaired) electrons. The minimum Gasteiger partial charge on any atom is -0.497 e. The van der Waals surface area contributed by atoms with Crippen molar-refractivity contribution in [2.45, 2.75) is 25.1 Å². The van der Waals surface area contributed by atoms with Crippen molar-refractivity contribution in [2.24, 2.45) is 0 Å². The smallest absolute Gasteiger partial charge is 0.279 e. The average Bonchev–Trinajstić information content (AvgIpc) is 3.17. The second-order valence-electron chi connectivity index (χ2n) is 6.58. The lowest BCUT2D eigenvalue weighted by molar-refractivity contribution is -0.132. The predicted octanol–water partition coefficient (Wildman–Crippen LogP) is 2.43. The molecule has 0 aliphatic heterocycles. The third-order valence-corrected chi connectivity index (χ3v) is 5.22. The summed E-state index contributed by atoms with van der Waals surface area (Å²) in [5.74, 6) is -0.347. The molecule has 2 amide bonds. The molecule has 3 rings (SSSR count). The van der Waals surface area contributed by atoms with E-state index in [0.29, 0.717) is 11.0 Å². The largest absolute Gasteiger partial charge is 0.497 e. The number of nitrogens with zero attached hydrogens (tertiary/aromatic N) is 3. The van der Waals surface area contributed by atoms with Crippen LogP contribution in [0.1, 0.15) is 12.7 Å². The van der Waals surface area contributed by atoms with Crippen molar-refractivity contribution < 1.29 is 23.5 Å². The highest BCUT2D eigenvalue weighted by atomic mass is 32.2. The van der Waals surface area contributed by atoms with Crippen LogP contribution in [0.3, 0.4) is 0 Å². The Morgan fingerprint density at radius 3 is 2.53 bits per heavy atom. The quantitative estimate of drug-likeness (QED) is 0.394. The molecule has 1 aromatic heterocycles. The molecule has 168 valence electrons. The minimum atomic E-state index is -1.01. The van der Waals surface area contributed by atoms with Gasteiger partial charge in [0.1, 0.15) is 11.6 Å². The molecular formula is C21H22FN5O4S. The summed E-state index contributed by atoms with van der Waals surface area (Å²) < 4.78 is 25.9. The molecule has 0 aliphatic carbocycles. The van der Waals surface area contributed by atoms with Crippen molar-refractivity contribution in [2.75, 3.05) is 12.9 Å². The first kappa shape index (κ1) is 23.1. The minimum absolute atomic E-state index is 0.0167. The van der Waals surface area contributed by atoms with E-state index in [-0.39, 0.29) is 11.5 Å². The highest BCUT2D eigenvalue weighted by Gasteiger charge is 2.18. The molecule has 3 aromatic rings. The Bertz CT molecular complexity index is 1090. The predicted molar refractivity (Wildman–Crippen MR) is 116 cm³/mol. The van der Waals surface area contributed by atoms with Crippen molar-refractivity contribution in [1.82, 2.24) is 25.6 Å². The molecule has 0 saturated heterocycles. The molecule has 0 bridgehead atoms. The highest BCUT2D eigenvalue weighted by molar-refractivity contribution is 7.99. The third-order valence-electron chi connectivity index (χ3n) is 4.29. The number of para-hydroxylation sites is 1. The Morgan fingerprint density at radius 1 is 1.12 bits per heavy atom. The summed E-state index contributed by atoms with van der Waals surface area (Å²) in [4.78, 5) is 24.3. The van der Waals surface area contributed by atoms with Gasteiger partial charge in [-0.1, -0.05) is 23.9 Å². The van der Waals surface area contributed by atoms with Crippen LogP contribution >= 0.6 is 11.8 Å². The fourth-order valence-corrected chi connectivity index (χ4v) is 3.45. The van der Waals surface area contributed by atoms with E-state index in [1.807, 2.05) is 24.3 Å². The number of nitrogens with one attached hydrogen (secondary N) is 2. The fraction of sp³-hybridized carbons (Fsp3) is 0.238. The number of halogens is 1. The number of aromatic nitrogens is 3. The summed E-state index contributed by atoms with van der Waals surface area (Å²) in [5, 5.41) is 8.70. The first-order valence-corrected chi connectivity index (χ1v) is 10.6. The molecule has 0 saturated carbocycles. The molecule has 1 unspecified atom stereocenters. The number of carbonyl (C=O) groups excluding carboxylic acids is 2. The number of aryl methyl sites for hydroxylation is 1. The topological polar surface area (TPSA) is 107 Å². The molecule has 0 fully saturated rings. The maximum atomic E-state index is 13.6. The Balaban J connectivity index is 1.52. The standard InChI is InChI=1S/C21H22FN5O4S/c1-13(31-18-7-5-4-6-17(18)22)20(29)25-24-19(28)12-32-21-26-23-14(2)27(21)15-8-10-16(30-3)11-9-15/h4-11,13H,12H2,1-3H3,(H,24,28)(H,25,29). The van der Waals surface area contributed by atoms with Gasteiger partial charge in [-0.15, -0.1) is 10.2 Å². The summed E-state index contributed by atoms with van der Waals surface area (Å²) >= 11 is 1.16. The van der Waals surface area contributed by atoms with Gasteiger partial charge in [-0.3, -0.25) is 25.0 Å². The number of methoxy groups -OCH3 is 1. The normalized spacial score (nSPS) is 11.5. The van der Waals surface area contributed by atoms with E-state index in [0.717, 1.165) is 23.2 Å². The van der Waals surface area contributed by atoms with Crippen LogP contribution in [0.15, 0.2) is 53.7 Å². The zero-order chi connectivity index (χ0) is 23.1. The molecule has 1 heterocycles. The number of hydrogen-bond acceptors (Lipinski definition) is 7. The van der Waals surface area contributed by atoms with Crippen LogP contribution in [0.25, 0.3) is 5.69 Å². The number of rotatable bonds is 8. The molecule has 1 atom stereocenters. The van der Waals surface area contributed by atoms with Crippen LogP contribution in [0.4, 0.5) is 4.39 Å². The Labute approximate surface area is 188 Å². The van der Waals surface area contributed by atoms with Gasteiger partial charge in [0.05, 0.1) is 12.9 Å². The molecule has 2 N–H and O–H groups in total. The first-order chi connectivity index (χ1) is 15.4. The van der Waals surface area contributed by atoms with Crippen LogP contribution in [-0.2, 0) is 9.59 Å². The number of benzene rings is 2. The summed E-state index contributed by atoms with van der Waals surface area (Å²) in [6.07, 6.45) is -1.01. The van der Waals surface area contributed by atoms with Crippen molar-refractivity contribution in [1.29, 1.82) is 0 Å². The van der Waals surface area contributed by atoms with Crippen LogP contribution in [0.2, 0.25) is 0 Å². The number of carbonyl (C=O) groups is 2. The van der Waals surface area contributed by atoms with E-state index < -0.39 is 23.7 Å². The lowest BCUT2D eigenvalue weighted by Gasteiger charge is -2.15. The maximum Gasteiger partial charge on any atom is 0.279 e. The molecular weight excluding hydrogens is 437 g/mol. The summed E-state index contributed by atoms with van der Waals surface area (Å²) in [6.45, 7) is 3.25. The van der Waals surface area contributed by atoms with Crippen LogP contribution in [0, 0.1) is 12.7 Å². The summed E-state index contributed by atoms with van der Waals surface area (Å²) in [5.41, 5.74) is 5.40. The van der Waals surface area contributed by atoms with E-state index in [4.69, 9.17) is 9.47 Å². The maximum absolute atomic E-state index is 13.6. The second-order valence-corrected chi connectivity index (χ2v) is 7.52. The number of hydrazine groups is 1.